The van der Waals surface area contributed by atoms with Gasteiger partial charge in [-0.3, -0.25) is 14.7 Å². The van der Waals surface area contributed by atoms with Crippen molar-refractivity contribution in [2.75, 3.05) is 26.2 Å². The summed E-state index contributed by atoms with van der Waals surface area (Å²) in [6, 6.07) is 13.5. The summed E-state index contributed by atoms with van der Waals surface area (Å²) in [5.74, 6) is 0.00508. The Labute approximate surface area is 169 Å². The molecule has 1 saturated heterocycles. The van der Waals surface area contributed by atoms with Crippen molar-refractivity contribution in [3.8, 4) is 0 Å². The molecule has 0 N–H and O–H groups in total. The number of halogens is 1. The molecule has 0 bridgehead atoms. The molecule has 4 rings (SSSR count). The van der Waals surface area contributed by atoms with Gasteiger partial charge in [0.2, 0.25) is 6.10 Å². The van der Waals surface area contributed by atoms with Crippen LogP contribution < -0.4 is 0 Å². The molecular weight excluding hydrogens is 376 g/mol. The molecule has 6 nitrogen and oxygen atoms in total. The van der Waals surface area contributed by atoms with Crippen molar-refractivity contribution in [2.24, 2.45) is 5.16 Å². The number of carbonyl (C=O) groups is 1. The van der Waals surface area contributed by atoms with E-state index in [0.717, 1.165) is 49.6 Å². The Kier molecular flexibility index (Phi) is 5.88. The number of aromatic nitrogens is 1. The number of hydrogen-bond donors (Lipinski definition) is 0. The molecule has 1 aromatic carbocycles. The summed E-state index contributed by atoms with van der Waals surface area (Å²) < 4.78 is 0. The highest BCUT2D eigenvalue weighted by Gasteiger charge is 2.33. The van der Waals surface area contributed by atoms with E-state index >= 15 is 0 Å². The minimum Gasteiger partial charge on any atom is -0.382 e. The van der Waals surface area contributed by atoms with Crippen molar-refractivity contribution < 1.29 is 9.63 Å². The van der Waals surface area contributed by atoms with Gasteiger partial charge in [-0.1, -0.05) is 41.0 Å². The second-order valence-electron chi connectivity index (χ2n) is 7.09. The van der Waals surface area contributed by atoms with Crippen LogP contribution in [0.2, 0.25) is 5.02 Å². The second-order valence-corrected chi connectivity index (χ2v) is 7.50. The molecule has 0 aliphatic carbocycles. The number of amides is 1. The number of benzene rings is 1. The molecule has 2 aromatic rings. The normalized spacial score (nSPS) is 20.4. The fraction of sp³-hybridized carbons (Fsp3) is 0.381. The summed E-state index contributed by atoms with van der Waals surface area (Å²) in [5.41, 5.74) is 2.62. The van der Waals surface area contributed by atoms with Gasteiger partial charge in [0.1, 0.15) is 0 Å². The van der Waals surface area contributed by atoms with Crippen molar-refractivity contribution in [3.05, 3.63) is 64.9 Å². The van der Waals surface area contributed by atoms with Crippen LogP contribution in [0.4, 0.5) is 0 Å². The molecule has 1 aromatic heterocycles. The topological polar surface area (TPSA) is 58.0 Å². The molecule has 1 amide bonds. The van der Waals surface area contributed by atoms with Gasteiger partial charge in [-0.05, 0) is 24.6 Å². The van der Waals surface area contributed by atoms with Gasteiger partial charge in [0, 0.05) is 55.9 Å². The first kappa shape index (κ1) is 18.9. The smallest absolute Gasteiger partial charge is 0.266 e. The summed E-state index contributed by atoms with van der Waals surface area (Å²) >= 11 is 6.24. The standard InChI is InChI=1S/C21H23ClN4O2/c22-18-8-2-1-7-17(18)19-14-20(28-24-19)21(27)26-11-5-10-25(12-13-26)15-16-6-3-4-9-23-16/h1-4,6-9,20H,5,10-15H2/t20-/m1/s1. The first-order valence-corrected chi connectivity index (χ1v) is 9.97. The quantitative estimate of drug-likeness (QED) is 0.794. The number of oxime groups is 1. The van der Waals surface area contributed by atoms with Crippen LogP contribution in [0.3, 0.4) is 0 Å². The molecule has 0 saturated carbocycles. The van der Waals surface area contributed by atoms with Gasteiger partial charge in [0.15, 0.2) is 0 Å². The van der Waals surface area contributed by atoms with Crippen molar-refractivity contribution in [3.63, 3.8) is 0 Å². The fourth-order valence-corrected chi connectivity index (χ4v) is 3.88. The lowest BCUT2D eigenvalue weighted by Gasteiger charge is -2.23. The third-order valence-corrected chi connectivity index (χ3v) is 5.47. The summed E-state index contributed by atoms with van der Waals surface area (Å²) in [4.78, 5) is 27.0. The molecule has 0 spiro atoms. The number of hydrogen-bond acceptors (Lipinski definition) is 5. The summed E-state index contributed by atoms with van der Waals surface area (Å²) in [6.07, 6.45) is 2.64. The van der Waals surface area contributed by atoms with E-state index in [1.54, 1.807) is 0 Å². The zero-order chi connectivity index (χ0) is 19.3. The van der Waals surface area contributed by atoms with Crippen LogP contribution in [0.25, 0.3) is 0 Å². The molecule has 2 aliphatic heterocycles. The average molecular weight is 399 g/mol. The minimum absolute atomic E-state index is 0.00508. The van der Waals surface area contributed by atoms with E-state index in [9.17, 15) is 4.79 Å². The Morgan fingerprint density at radius 3 is 2.79 bits per heavy atom. The van der Waals surface area contributed by atoms with E-state index in [4.69, 9.17) is 16.4 Å². The van der Waals surface area contributed by atoms with E-state index in [1.165, 1.54) is 0 Å². The van der Waals surface area contributed by atoms with Gasteiger partial charge >= 0.3 is 0 Å². The van der Waals surface area contributed by atoms with Gasteiger partial charge < -0.3 is 9.74 Å². The lowest BCUT2D eigenvalue weighted by Crippen LogP contribution is -2.41. The molecular formula is C21H23ClN4O2. The predicted molar refractivity (Wildman–Crippen MR) is 108 cm³/mol. The molecule has 2 aliphatic rings. The predicted octanol–water partition coefficient (Wildman–Crippen LogP) is 2.96. The van der Waals surface area contributed by atoms with Crippen molar-refractivity contribution in [2.45, 2.75) is 25.5 Å². The zero-order valence-electron chi connectivity index (χ0n) is 15.6. The van der Waals surface area contributed by atoms with Crippen LogP contribution >= 0.6 is 11.6 Å². The van der Waals surface area contributed by atoms with Gasteiger partial charge in [-0.2, -0.15) is 0 Å². The highest BCUT2D eigenvalue weighted by Crippen LogP contribution is 2.24. The van der Waals surface area contributed by atoms with Crippen molar-refractivity contribution >= 4 is 23.2 Å². The van der Waals surface area contributed by atoms with E-state index in [2.05, 4.69) is 15.0 Å². The number of rotatable bonds is 4. The molecule has 28 heavy (non-hydrogen) atoms. The number of nitrogens with zero attached hydrogens (tertiary/aromatic N) is 4. The molecule has 0 unspecified atom stereocenters. The zero-order valence-corrected chi connectivity index (χ0v) is 16.4. The number of carbonyl (C=O) groups excluding carboxylic acids is 1. The van der Waals surface area contributed by atoms with Gasteiger partial charge in [0.05, 0.1) is 11.4 Å². The third-order valence-electron chi connectivity index (χ3n) is 5.14. The summed E-state index contributed by atoms with van der Waals surface area (Å²) in [7, 11) is 0. The van der Waals surface area contributed by atoms with Crippen LogP contribution in [0.1, 0.15) is 24.1 Å². The average Bonchev–Trinajstić information content (AvgIpc) is 3.09. The molecule has 7 heteroatoms. The van der Waals surface area contributed by atoms with Gasteiger partial charge in [0.25, 0.3) is 5.91 Å². The Balaban J connectivity index is 1.33. The third kappa shape index (κ3) is 4.34. The van der Waals surface area contributed by atoms with E-state index in [-0.39, 0.29) is 5.91 Å². The summed E-state index contributed by atoms with van der Waals surface area (Å²) in [6.45, 7) is 4.01. The van der Waals surface area contributed by atoms with Crippen LogP contribution in [-0.2, 0) is 16.2 Å². The van der Waals surface area contributed by atoms with Crippen molar-refractivity contribution in [1.82, 2.24) is 14.8 Å². The first-order chi connectivity index (χ1) is 13.7. The Hall–Kier alpha value is -2.44. The highest BCUT2D eigenvalue weighted by atomic mass is 35.5. The SMILES string of the molecule is O=C([C@H]1CC(c2ccccc2Cl)=NO1)N1CCCN(Cc2ccccn2)CC1. The van der Waals surface area contributed by atoms with Crippen LogP contribution in [0.15, 0.2) is 53.8 Å². The Morgan fingerprint density at radius 1 is 1.11 bits per heavy atom. The maximum Gasteiger partial charge on any atom is 0.266 e. The van der Waals surface area contributed by atoms with Gasteiger partial charge in [-0.25, -0.2) is 0 Å². The van der Waals surface area contributed by atoms with Crippen LogP contribution in [-0.4, -0.2) is 58.7 Å². The van der Waals surface area contributed by atoms with E-state index in [1.807, 2.05) is 53.6 Å². The molecule has 1 atom stereocenters. The van der Waals surface area contributed by atoms with Crippen LogP contribution in [0.5, 0.6) is 0 Å². The molecule has 0 radical (unpaired) electrons. The Bertz CT molecular complexity index is 858. The fourth-order valence-electron chi connectivity index (χ4n) is 3.64. The minimum atomic E-state index is -0.561. The monoisotopic (exact) mass is 398 g/mol. The maximum absolute atomic E-state index is 12.9. The van der Waals surface area contributed by atoms with E-state index in [0.29, 0.717) is 18.0 Å². The molecule has 146 valence electrons. The van der Waals surface area contributed by atoms with Crippen molar-refractivity contribution in [1.29, 1.82) is 0 Å². The maximum atomic E-state index is 12.9. The van der Waals surface area contributed by atoms with Gasteiger partial charge in [-0.15, -0.1) is 0 Å². The largest absolute Gasteiger partial charge is 0.382 e. The van der Waals surface area contributed by atoms with Crippen LogP contribution in [0, 0.1) is 0 Å². The van der Waals surface area contributed by atoms with E-state index < -0.39 is 6.10 Å². The molecule has 1 fully saturated rings. The highest BCUT2D eigenvalue weighted by molar-refractivity contribution is 6.34. The molecule has 3 heterocycles. The summed E-state index contributed by atoms with van der Waals surface area (Å²) in [5, 5.41) is 4.75. The number of pyridine rings is 1. The first-order valence-electron chi connectivity index (χ1n) is 9.59. The lowest BCUT2D eigenvalue weighted by molar-refractivity contribution is -0.141. The Morgan fingerprint density at radius 2 is 1.96 bits per heavy atom. The second kappa shape index (κ2) is 8.71. The lowest BCUT2D eigenvalue weighted by atomic mass is 10.0.